The number of ether oxygens (including phenoxy) is 1. The van der Waals surface area contributed by atoms with Crippen LogP contribution in [0.25, 0.3) is 0 Å². The molecule has 3 unspecified atom stereocenters. The third-order valence-electron chi connectivity index (χ3n) is 4.97. The summed E-state index contributed by atoms with van der Waals surface area (Å²) in [6.07, 6.45) is 5.03. The summed E-state index contributed by atoms with van der Waals surface area (Å²) < 4.78 is 6.14. The van der Waals surface area contributed by atoms with Gasteiger partial charge in [-0.2, -0.15) is 0 Å². The Morgan fingerprint density at radius 3 is 2.65 bits per heavy atom. The van der Waals surface area contributed by atoms with Crippen LogP contribution < -0.4 is 5.32 Å². The van der Waals surface area contributed by atoms with Crippen LogP contribution in [-0.2, 0) is 11.2 Å². The highest BCUT2D eigenvalue weighted by Gasteiger charge is 2.50. The maximum atomic E-state index is 6.14. The van der Waals surface area contributed by atoms with E-state index in [0.29, 0.717) is 17.6 Å². The van der Waals surface area contributed by atoms with E-state index in [4.69, 9.17) is 4.74 Å². The molecule has 1 aliphatic carbocycles. The molecule has 1 saturated carbocycles. The zero-order valence-electron chi connectivity index (χ0n) is 13.2. The minimum Gasteiger partial charge on any atom is -0.378 e. The Kier molecular flexibility index (Phi) is 5.62. The van der Waals surface area contributed by atoms with Gasteiger partial charge in [-0.1, -0.05) is 51.1 Å². The van der Waals surface area contributed by atoms with Crippen molar-refractivity contribution in [1.82, 2.24) is 5.32 Å². The highest BCUT2D eigenvalue weighted by Crippen LogP contribution is 2.45. The van der Waals surface area contributed by atoms with Crippen LogP contribution in [0, 0.1) is 5.41 Å². The van der Waals surface area contributed by atoms with Gasteiger partial charge in [0.05, 0.1) is 6.10 Å². The number of hydrogen-bond donors (Lipinski definition) is 1. The maximum Gasteiger partial charge on any atom is 0.0658 e. The van der Waals surface area contributed by atoms with E-state index < -0.39 is 0 Å². The van der Waals surface area contributed by atoms with E-state index >= 15 is 0 Å². The van der Waals surface area contributed by atoms with E-state index in [9.17, 15) is 0 Å². The molecule has 112 valence electrons. The van der Waals surface area contributed by atoms with Crippen molar-refractivity contribution in [2.24, 2.45) is 5.41 Å². The van der Waals surface area contributed by atoms with Gasteiger partial charge in [0, 0.05) is 18.1 Å². The van der Waals surface area contributed by atoms with Crippen LogP contribution in [0.15, 0.2) is 30.3 Å². The van der Waals surface area contributed by atoms with E-state index in [1.165, 1.54) is 18.4 Å². The lowest BCUT2D eigenvalue weighted by molar-refractivity contribution is -0.128. The second-order valence-corrected chi connectivity index (χ2v) is 6.15. The molecule has 1 aliphatic rings. The molecule has 0 aromatic heterocycles. The molecule has 0 spiro atoms. The molecule has 20 heavy (non-hydrogen) atoms. The van der Waals surface area contributed by atoms with Crippen LogP contribution in [-0.4, -0.2) is 25.3 Å². The van der Waals surface area contributed by atoms with Gasteiger partial charge in [-0.25, -0.2) is 0 Å². The number of aryl methyl sites for hydroxylation is 1. The minimum atomic E-state index is 0.322. The van der Waals surface area contributed by atoms with Crippen LogP contribution in [0.4, 0.5) is 0 Å². The molecule has 0 bridgehead atoms. The zero-order chi connectivity index (χ0) is 14.4. The van der Waals surface area contributed by atoms with Gasteiger partial charge in [0.1, 0.15) is 0 Å². The molecule has 1 aromatic carbocycles. The van der Waals surface area contributed by atoms with Crippen molar-refractivity contribution in [3.63, 3.8) is 0 Å². The average Bonchev–Trinajstić information content (AvgIpc) is 2.49. The predicted molar refractivity (Wildman–Crippen MR) is 85.0 cm³/mol. The summed E-state index contributed by atoms with van der Waals surface area (Å²) in [6.45, 7) is 8.77. The van der Waals surface area contributed by atoms with Crippen LogP contribution in [0.3, 0.4) is 0 Å². The Balaban J connectivity index is 1.70. The van der Waals surface area contributed by atoms with Crippen molar-refractivity contribution in [1.29, 1.82) is 0 Å². The molecular weight excluding hydrogens is 246 g/mol. The molecule has 3 atom stereocenters. The molecule has 0 amide bonds. The first-order chi connectivity index (χ1) is 9.70. The zero-order valence-corrected chi connectivity index (χ0v) is 13.2. The molecule has 2 heteroatoms. The van der Waals surface area contributed by atoms with Crippen molar-refractivity contribution in [3.8, 4) is 0 Å². The highest BCUT2D eigenvalue weighted by atomic mass is 16.5. The molecule has 0 radical (unpaired) electrons. The second-order valence-electron chi connectivity index (χ2n) is 6.15. The van der Waals surface area contributed by atoms with Crippen molar-refractivity contribution in [3.05, 3.63) is 35.9 Å². The molecule has 1 fully saturated rings. The van der Waals surface area contributed by atoms with Gasteiger partial charge in [-0.05, 0) is 37.8 Å². The Labute approximate surface area is 123 Å². The Morgan fingerprint density at radius 2 is 2.00 bits per heavy atom. The monoisotopic (exact) mass is 275 g/mol. The number of hydrogen-bond acceptors (Lipinski definition) is 2. The summed E-state index contributed by atoms with van der Waals surface area (Å²) in [5.74, 6) is 0. The van der Waals surface area contributed by atoms with E-state index in [1.807, 2.05) is 0 Å². The van der Waals surface area contributed by atoms with E-state index in [-0.39, 0.29) is 0 Å². The van der Waals surface area contributed by atoms with E-state index in [2.05, 4.69) is 56.4 Å². The van der Waals surface area contributed by atoms with Gasteiger partial charge < -0.3 is 10.1 Å². The number of nitrogens with one attached hydrogen (secondary N) is 1. The normalized spacial score (nSPS) is 29.1. The lowest BCUT2D eigenvalue weighted by Gasteiger charge is -2.53. The third kappa shape index (κ3) is 3.42. The summed E-state index contributed by atoms with van der Waals surface area (Å²) >= 11 is 0. The summed E-state index contributed by atoms with van der Waals surface area (Å²) in [4.78, 5) is 0. The molecule has 0 heterocycles. The summed E-state index contributed by atoms with van der Waals surface area (Å²) in [5.41, 5.74) is 1.73. The van der Waals surface area contributed by atoms with Crippen molar-refractivity contribution in [2.75, 3.05) is 13.2 Å². The van der Waals surface area contributed by atoms with Crippen LogP contribution in [0.1, 0.15) is 45.6 Å². The van der Waals surface area contributed by atoms with Gasteiger partial charge in [-0.3, -0.25) is 0 Å². The molecular formula is C18H29NO. The molecule has 1 N–H and O–H groups in total. The Hall–Kier alpha value is -0.860. The van der Waals surface area contributed by atoms with Crippen LogP contribution in [0.5, 0.6) is 0 Å². The first-order valence-electron chi connectivity index (χ1n) is 8.09. The lowest BCUT2D eigenvalue weighted by Crippen LogP contribution is -2.62. The van der Waals surface area contributed by atoms with Crippen molar-refractivity contribution < 1.29 is 4.74 Å². The first-order valence-corrected chi connectivity index (χ1v) is 8.09. The number of benzene rings is 1. The Bertz CT molecular complexity index is 392. The average molecular weight is 275 g/mol. The topological polar surface area (TPSA) is 21.3 Å². The first kappa shape index (κ1) is 15.5. The summed E-state index contributed by atoms with van der Waals surface area (Å²) in [7, 11) is 0. The summed E-state index contributed by atoms with van der Waals surface area (Å²) in [5, 5.41) is 3.59. The fourth-order valence-electron chi connectivity index (χ4n) is 3.26. The quantitative estimate of drug-likeness (QED) is 0.729. The van der Waals surface area contributed by atoms with E-state index in [1.54, 1.807) is 0 Å². The molecule has 2 rings (SSSR count). The second kappa shape index (κ2) is 7.24. The molecule has 2 nitrogen and oxygen atoms in total. The van der Waals surface area contributed by atoms with Gasteiger partial charge >= 0.3 is 0 Å². The van der Waals surface area contributed by atoms with Gasteiger partial charge in [0.2, 0.25) is 0 Å². The number of rotatable bonds is 8. The largest absolute Gasteiger partial charge is 0.378 e. The summed E-state index contributed by atoms with van der Waals surface area (Å²) in [6, 6.07) is 11.3. The van der Waals surface area contributed by atoms with Gasteiger partial charge in [0.25, 0.3) is 0 Å². The maximum absolute atomic E-state index is 6.14. The van der Waals surface area contributed by atoms with E-state index in [0.717, 1.165) is 26.0 Å². The van der Waals surface area contributed by atoms with Gasteiger partial charge in [0.15, 0.2) is 0 Å². The standard InChI is InChI=1S/C18H29NO/c1-4-18(3)16(19-5-2)14-17(18)20-13-9-12-15-10-7-6-8-11-15/h6-8,10-11,16-17,19H,4-5,9,12-14H2,1-3H3. The molecule has 0 aliphatic heterocycles. The fourth-order valence-corrected chi connectivity index (χ4v) is 3.26. The fraction of sp³-hybridized carbons (Fsp3) is 0.667. The van der Waals surface area contributed by atoms with Crippen LogP contribution >= 0.6 is 0 Å². The minimum absolute atomic E-state index is 0.322. The SMILES string of the molecule is CCNC1CC(OCCCc2ccccc2)C1(C)CC. The van der Waals surface area contributed by atoms with Crippen molar-refractivity contribution in [2.45, 2.75) is 58.6 Å². The predicted octanol–water partition coefficient (Wildman–Crippen LogP) is 3.80. The van der Waals surface area contributed by atoms with Gasteiger partial charge in [-0.15, -0.1) is 0 Å². The lowest BCUT2D eigenvalue weighted by atomic mass is 9.61. The molecule has 1 aromatic rings. The Morgan fingerprint density at radius 1 is 1.25 bits per heavy atom. The molecule has 0 saturated heterocycles. The van der Waals surface area contributed by atoms with Crippen LogP contribution in [0.2, 0.25) is 0 Å². The third-order valence-corrected chi connectivity index (χ3v) is 4.97. The smallest absolute Gasteiger partial charge is 0.0658 e. The van der Waals surface area contributed by atoms with Crippen molar-refractivity contribution >= 4 is 0 Å². The highest BCUT2D eigenvalue weighted by molar-refractivity contribution is 5.14.